The Morgan fingerprint density at radius 3 is 3.00 bits per heavy atom. The molecule has 0 aliphatic carbocycles. The first-order chi connectivity index (χ1) is 10.6. The van der Waals surface area contributed by atoms with Crippen LogP contribution in [0.4, 0.5) is 0 Å². The van der Waals surface area contributed by atoms with E-state index in [0.717, 1.165) is 52.2 Å². The largest absolute Gasteiger partial charge is 0.497 e. The lowest BCUT2D eigenvalue weighted by atomic mass is 10.1. The number of carbonyl (C=O) groups excluding carboxylic acids is 1. The maximum absolute atomic E-state index is 12.9. The maximum atomic E-state index is 12.9. The molecule has 1 N–H and O–H groups in total. The van der Waals surface area contributed by atoms with Gasteiger partial charge in [0, 0.05) is 23.8 Å². The van der Waals surface area contributed by atoms with Crippen LogP contribution in [-0.2, 0) is 0 Å². The molecular weight excluding hydrogens is 296 g/mol. The van der Waals surface area contributed by atoms with Gasteiger partial charge >= 0.3 is 0 Å². The third kappa shape index (κ3) is 2.71. The molecule has 4 nitrogen and oxygen atoms in total. The second-order valence-electron chi connectivity index (χ2n) is 5.80. The second-order valence-corrected chi connectivity index (χ2v) is 6.85. The molecule has 1 aliphatic rings. The molecule has 1 aliphatic heterocycles. The third-order valence-electron chi connectivity index (χ3n) is 4.45. The first-order valence-corrected chi connectivity index (χ1v) is 8.49. The summed E-state index contributed by atoms with van der Waals surface area (Å²) in [6, 6.07) is 6.41. The Labute approximate surface area is 135 Å². The highest BCUT2D eigenvalue weighted by Gasteiger charge is 2.26. The van der Waals surface area contributed by atoms with Crippen molar-refractivity contribution in [3.05, 3.63) is 28.6 Å². The molecule has 0 radical (unpaired) electrons. The first kappa shape index (κ1) is 15.3. The molecule has 1 unspecified atom stereocenters. The van der Waals surface area contributed by atoms with E-state index in [-0.39, 0.29) is 5.91 Å². The summed E-state index contributed by atoms with van der Waals surface area (Å²) in [7, 11) is 3.64. The Balaban J connectivity index is 1.92. The highest BCUT2D eigenvalue weighted by Crippen LogP contribution is 2.34. The van der Waals surface area contributed by atoms with Gasteiger partial charge in [0.15, 0.2) is 0 Å². The predicted molar refractivity (Wildman–Crippen MR) is 91.1 cm³/mol. The van der Waals surface area contributed by atoms with Crippen LogP contribution in [-0.4, -0.2) is 44.1 Å². The number of likely N-dealkylation sites (tertiary alicyclic amines) is 1. The van der Waals surface area contributed by atoms with Crippen molar-refractivity contribution in [2.45, 2.75) is 25.8 Å². The van der Waals surface area contributed by atoms with Gasteiger partial charge in [0.2, 0.25) is 0 Å². The average Bonchev–Trinajstić information content (AvgIpc) is 2.90. The van der Waals surface area contributed by atoms with Gasteiger partial charge in [-0.1, -0.05) is 0 Å². The quantitative estimate of drug-likeness (QED) is 0.946. The maximum Gasteiger partial charge on any atom is 0.264 e. The molecule has 1 atom stereocenters. The molecule has 0 spiro atoms. The molecule has 5 heteroatoms. The summed E-state index contributed by atoms with van der Waals surface area (Å²) in [6.45, 7) is 3.69. The van der Waals surface area contributed by atoms with Gasteiger partial charge in [0.25, 0.3) is 5.91 Å². The Bertz CT molecular complexity index is 695. The SMILES string of the molecule is CNC1CCCN(C(=O)c2sc3ccc(OC)cc3c2C)C1. The van der Waals surface area contributed by atoms with E-state index in [1.807, 2.05) is 37.1 Å². The Kier molecular flexibility index (Phi) is 4.36. The summed E-state index contributed by atoms with van der Waals surface area (Å²) in [5.74, 6) is 0.998. The smallest absolute Gasteiger partial charge is 0.264 e. The molecule has 1 saturated heterocycles. The summed E-state index contributed by atoms with van der Waals surface area (Å²) in [4.78, 5) is 15.7. The van der Waals surface area contributed by atoms with Crippen LogP contribution in [0.25, 0.3) is 10.1 Å². The van der Waals surface area contributed by atoms with Gasteiger partial charge in [-0.3, -0.25) is 4.79 Å². The van der Waals surface area contributed by atoms with Gasteiger partial charge in [-0.25, -0.2) is 0 Å². The van der Waals surface area contributed by atoms with Gasteiger partial charge in [0.05, 0.1) is 12.0 Å². The highest BCUT2D eigenvalue weighted by molar-refractivity contribution is 7.21. The Morgan fingerprint density at radius 2 is 2.27 bits per heavy atom. The van der Waals surface area contributed by atoms with Crippen LogP contribution >= 0.6 is 11.3 Å². The number of likely N-dealkylation sites (N-methyl/N-ethyl adjacent to an activating group) is 1. The molecule has 1 aromatic heterocycles. The third-order valence-corrected chi connectivity index (χ3v) is 5.72. The first-order valence-electron chi connectivity index (χ1n) is 7.67. The minimum absolute atomic E-state index is 0.164. The molecular formula is C17H22N2O2S. The average molecular weight is 318 g/mol. The second kappa shape index (κ2) is 6.26. The van der Waals surface area contributed by atoms with Crippen molar-refractivity contribution in [3.63, 3.8) is 0 Å². The summed E-state index contributed by atoms with van der Waals surface area (Å²) in [6.07, 6.45) is 2.21. The van der Waals surface area contributed by atoms with Crippen molar-refractivity contribution in [1.29, 1.82) is 0 Å². The van der Waals surface area contributed by atoms with E-state index in [1.54, 1.807) is 18.4 Å². The van der Waals surface area contributed by atoms with Crippen LogP contribution in [0.3, 0.4) is 0 Å². The molecule has 3 rings (SSSR count). The zero-order valence-electron chi connectivity index (χ0n) is 13.3. The zero-order valence-corrected chi connectivity index (χ0v) is 14.1. The van der Waals surface area contributed by atoms with Crippen LogP contribution in [0, 0.1) is 6.92 Å². The number of carbonyl (C=O) groups is 1. The lowest BCUT2D eigenvalue weighted by molar-refractivity contribution is 0.0702. The number of piperidine rings is 1. The van der Waals surface area contributed by atoms with Gasteiger partial charge in [-0.15, -0.1) is 11.3 Å². The minimum atomic E-state index is 0.164. The highest BCUT2D eigenvalue weighted by atomic mass is 32.1. The minimum Gasteiger partial charge on any atom is -0.497 e. The summed E-state index contributed by atoms with van der Waals surface area (Å²) in [5.41, 5.74) is 1.07. The van der Waals surface area contributed by atoms with Gasteiger partial charge in [-0.2, -0.15) is 0 Å². The van der Waals surface area contributed by atoms with Crippen molar-refractivity contribution in [3.8, 4) is 5.75 Å². The fourth-order valence-electron chi connectivity index (χ4n) is 3.07. The summed E-state index contributed by atoms with van der Waals surface area (Å²) in [5, 5.41) is 4.41. The summed E-state index contributed by atoms with van der Waals surface area (Å²) >= 11 is 1.59. The van der Waals surface area contributed by atoms with Gasteiger partial charge in [0.1, 0.15) is 5.75 Å². The van der Waals surface area contributed by atoms with Gasteiger partial charge in [-0.05, 0) is 56.0 Å². The monoisotopic (exact) mass is 318 g/mol. The van der Waals surface area contributed by atoms with E-state index < -0.39 is 0 Å². The van der Waals surface area contributed by atoms with Crippen LogP contribution in [0.2, 0.25) is 0 Å². The molecule has 1 fully saturated rings. The number of hydrogen-bond donors (Lipinski definition) is 1. The van der Waals surface area contributed by atoms with Crippen molar-refractivity contribution < 1.29 is 9.53 Å². The molecule has 0 bridgehead atoms. The number of nitrogens with one attached hydrogen (secondary N) is 1. The summed E-state index contributed by atoms with van der Waals surface area (Å²) < 4.78 is 6.44. The lowest BCUT2D eigenvalue weighted by Gasteiger charge is -2.32. The molecule has 2 heterocycles. The topological polar surface area (TPSA) is 41.6 Å². The number of ether oxygens (including phenoxy) is 1. The Hall–Kier alpha value is -1.59. The van der Waals surface area contributed by atoms with Crippen LogP contribution in [0.5, 0.6) is 5.75 Å². The number of hydrogen-bond acceptors (Lipinski definition) is 4. The lowest BCUT2D eigenvalue weighted by Crippen LogP contribution is -2.46. The van der Waals surface area contributed by atoms with E-state index >= 15 is 0 Å². The molecule has 1 amide bonds. The van der Waals surface area contributed by atoms with E-state index in [4.69, 9.17) is 4.74 Å². The number of amides is 1. The number of thiophene rings is 1. The number of aryl methyl sites for hydroxylation is 1. The Morgan fingerprint density at radius 1 is 1.45 bits per heavy atom. The van der Waals surface area contributed by atoms with E-state index in [9.17, 15) is 4.79 Å². The fraction of sp³-hybridized carbons (Fsp3) is 0.471. The number of fused-ring (bicyclic) bond motifs is 1. The van der Waals surface area contributed by atoms with Crippen LogP contribution in [0.1, 0.15) is 28.1 Å². The van der Waals surface area contributed by atoms with Crippen molar-refractivity contribution in [1.82, 2.24) is 10.2 Å². The molecule has 1 aromatic carbocycles. The van der Waals surface area contributed by atoms with E-state index in [1.165, 1.54) is 0 Å². The molecule has 2 aromatic rings. The number of benzene rings is 1. The van der Waals surface area contributed by atoms with E-state index in [0.29, 0.717) is 6.04 Å². The van der Waals surface area contributed by atoms with Crippen molar-refractivity contribution >= 4 is 27.3 Å². The van der Waals surface area contributed by atoms with Crippen molar-refractivity contribution in [2.24, 2.45) is 0 Å². The van der Waals surface area contributed by atoms with Crippen molar-refractivity contribution in [2.75, 3.05) is 27.2 Å². The number of rotatable bonds is 3. The predicted octanol–water partition coefficient (Wildman–Crippen LogP) is 3.04. The molecule has 0 saturated carbocycles. The molecule has 22 heavy (non-hydrogen) atoms. The normalized spacial score (nSPS) is 18.7. The van der Waals surface area contributed by atoms with Crippen LogP contribution < -0.4 is 10.1 Å². The standard InChI is InChI=1S/C17H22N2O2S/c1-11-14-9-13(21-3)6-7-15(14)22-16(11)17(20)19-8-4-5-12(10-19)18-2/h6-7,9,12,18H,4-5,8,10H2,1-3H3. The van der Waals surface area contributed by atoms with Gasteiger partial charge < -0.3 is 15.0 Å². The zero-order chi connectivity index (χ0) is 15.7. The van der Waals surface area contributed by atoms with Crippen LogP contribution in [0.15, 0.2) is 18.2 Å². The fourth-order valence-corrected chi connectivity index (χ4v) is 4.23. The number of methoxy groups -OCH3 is 1. The van der Waals surface area contributed by atoms with E-state index in [2.05, 4.69) is 5.32 Å². The number of nitrogens with zero attached hydrogens (tertiary/aromatic N) is 1. The molecule has 118 valence electrons.